The maximum Gasteiger partial charge on any atom is 0.269 e. The quantitative estimate of drug-likeness (QED) is 0.683. The third kappa shape index (κ3) is 3.41. The number of nitro benzene ring substituents is 1. The van der Waals surface area contributed by atoms with Crippen molar-refractivity contribution in [2.45, 2.75) is 56.7 Å². The molecule has 2 aliphatic rings. The Morgan fingerprint density at radius 3 is 2.67 bits per heavy atom. The third-order valence-electron chi connectivity index (χ3n) is 4.75. The van der Waals surface area contributed by atoms with Crippen molar-refractivity contribution in [3.63, 3.8) is 0 Å². The van der Waals surface area contributed by atoms with Crippen LogP contribution in [0.5, 0.6) is 0 Å². The number of hydrogen-bond donors (Lipinski definition) is 1. The number of nitrogens with one attached hydrogen (secondary N) is 1. The van der Waals surface area contributed by atoms with E-state index in [0.29, 0.717) is 6.04 Å². The van der Waals surface area contributed by atoms with Gasteiger partial charge in [-0.3, -0.25) is 10.1 Å². The summed E-state index contributed by atoms with van der Waals surface area (Å²) in [5, 5.41) is 14.2. The second kappa shape index (κ2) is 6.12. The van der Waals surface area contributed by atoms with Gasteiger partial charge in [-0.05, 0) is 31.2 Å². The molecule has 1 unspecified atom stereocenters. The van der Waals surface area contributed by atoms with Crippen LogP contribution in [0.3, 0.4) is 0 Å². The standard InChI is InChI=1S/C16H22N2O3/c19-18(20)15-5-3-13(4-6-15)12-17-14-7-10-21-16(11-14)8-1-2-9-16/h3-6,14,17H,1-2,7-12H2. The Bertz CT molecular complexity index is 495. The number of benzene rings is 1. The van der Waals surface area contributed by atoms with Crippen LogP contribution >= 0.6 is 0 Å². The van der Waals surface area contributed by atoms with Gasteiger partial charge in [0.25, 0.3) is 5.69 Å². The molecule has 0 bridgehead atoms. The molecule has 1 atom stereocenters. The highest BCUT2D eigenvalue weighted by Crippen LogP contribution is 2.39. The zero-order valence-corrected chi connectivity index (χ0v) is 12.2. The monoisotopic (exact) mass is 290 g/mol. The van der Waals surface area contributed by atoms with E-state index in [-0.39, 0.29) is 16.2 Å². The summed E-state index contributed by atoms with van der Waals surface area (Å²) in [7, 11) is 0. The van der Waals surface area contributed by atoms with Gasteiger partial charge in [-0.25, -0.2) is 0 Å². The van der Waals surface area contributed by atoms with E-state index in [0.717, 1.165) is 31.6 Å². The summed E-state index contributed by atoms with van der Waals surface area (Å²) in [5.74, 6) is 0. The van der Waals surface area contributed by atoms with Crippen LogP contribution in [-0.4, -0.2) is 23.2 Å². The van der Waals surface area contributed by atoms with E-state index in [1.807, 2.05) is 12.1 Å². The predicted molar refractivity (Wildman–Crippen MR) is 80.1 cm³/mol. The minimum absolute atomic E-state index is 0.130. The molecule has 0 amide bonds. The fourth-order valence-electron chi connectivity index (χ4n) is 3.57. The van der Waals surface area contributed by atoms with Crippen molar-refractivity contribution in [1.82, 2.24) is 5.32 Å². The molecule has 3 rings (SSSR count). The first kappa shape index (κ1) is 14.5. The summed E-state index contributed by atoms with van der Waals surface area (Å²) in [6, 6.07) is 7.29. The summed E-state index contributed by atoms with van der Waals surface area (Å²) in [5.41, 5.74) is 1.37. The summed E-state index contributed by atoms with van der Waals surface area (Å²) >= 11 is 0. The van der Waals surface area contributed by atoms with Crippen molar-refractivity contribution in [2.75, 3.05) is 6.61 Å². The van der Waals surface area contributed by atoms with Crippen molar-refractivity contribution < 1.29 is 9.66 Å². The van der Waals surface area contributed by atoms with Gasteiger partial charge in [0, 0.05) is 31.3 Å². The number of non-ortho nitro benzene ring substituents is 1. The van der Waals surface area contributed by atoms with Crippen molar-refractivity contribution in [3.05, 3.63) is 39.9 Å². The van der Waals surface area contributed by atoms with E-state index in [1.54, 1.807) is 12.1 Å². The molecule has 1 N–H and O–H groups in total. The van der Waals surface area contributed by atoms with Crippen molar-refractivity contribution >= 4 is 5.69 Å². The van der Waals surface area contributed by atoms with Crippen molar-refractivity contribution in [2.24, 2.45) is 0 Å². The SMILES string of the molecule is O=[N+]([O-])c1ccc(CNC2CCOC3(CCCC3)C2)cc1. The van der Waals surface area contributed by atoms with Gasteiger partial charge in [-0.1, -0.05) is 25.0 Å². The van der Waals surface area contributed by atoms with Gasteiger partial charge in [-0.2, -0.15) is 0 Å². The Hall–Kier alpha value is -1.46. The summed E-state index contributed by atoms with van der Waals surface area (Å²) in [6.07, 6.45) is 7.12. The van der Waals surface area contributed by atoms with E-state index in [1.165, 1.54) is 25.7 Å². The molecule has 0 aromatic heterocycles. The lowest BCUT2D eigenvalue weighted by Crippen LogP contribution is -2.45. The Balaban J connectivity index is 1.53. The Morgan fingerprint density at radius 2 is 2.00 bits per heavy atom. The van der Waals surface area contributed by atoms with E-state index < -0.39 is 0 Å². The molecule has 114 valence electrons. The zero-order valence-electron chi connectivity index (χ0n) is 12.2. The Labute approximate surface area is 124 Å². The molecule has 1 saturated carbocycles. The molecule has 5 nitrogen and oxygen atoms in total. The Kier molecular flexibility index (Phi) is 4.22. The van der Waals surface area contributed by atoms with Crippen LogP contribution in [0, 0.1) is 10.1 Å². The molecule has 1 aliphatic heterocycles. The highest BCUT2D eigenvalue weighted by molar-refractivity contribution is 5.32. The van der Waals surface area contributed by atoms with Crippen LogP contribution in [0.2, 0.25) is 0 Å². The molecule has 1 aliphatic carbocycles. The second-order valence-electron chi connectivity index (χ2n) is 6.23. The van der Waals surface area contributed by atoms with Gasteiger partial charge < -0.3 is 10.1 Å². The van der Waals surface area contributed by atoms with Gasteiger partial charge >= 0.3 is 0 Å². The van der Waals surface area contributed by atoms with Crippen LogP contribution in [-0.2, 0) is 11.3 Å². The van der Waals surface area contributed by atoms with E-state index in [9.17, 15) is 10.1 Å². The van der Waals surface area contributed by atoms with Crippen LogP contribution in [0.1, 0.15) is 44.1 Å². The maximum atomic E-state index is 10.6. The molecular weight excluding hydrogens is 268 g/mol. The first-order valence-electron chi connectivity index (χ1n) is 7.78. The van der Waals surface area contributed by atoms with E-state index in [2.05, 4.69) is 5.32 Å². The molecule has 1 heterocycles. The molecule has 1 aromatic carbocycles. The largest absolute Gasteiger partial charge is 0.375 e. The molecule has 2 fully saturated rings. The van der Waals surface area contributed by atoms with Gasteiger partial charge in [0.15, 0.2) is 0 Å². The van der Waals surface area contributed by atoms with E-state index in [4.69, 9.17) is 4.74 Å². The fraction of sp³-hybridized carbons (Fsp3) is 0.625. The lowest BCUT2D eigenvalue weighted by molar-refractivity contribution is -0.384. The minimum Gasteiger partial charge on any atom is -0.375 e. The molecule has 21 heavy (non-hydrogen) atoms. The van der Waals surface area contributed by atoms with Gasteiger partial charge in [0.1, 0.15) is 0 Å². The third-order valence-corrected chi connectivity index (χ3v) is 4.75. The zero-order chi connectivity index (χ0) is 14.7. The smallest absolute Gasteiger partial charge is 0.269 e. The predicted octanol–water partition coefficient (Wildman–Crippen LogP) is 3.18. The number of hydrogen-bond acceptors (Lipinski definition) is 4. The van der Waals surface area contributed by atoms with Crippen LogP contribution < -0.4 is 5.32 Å². The number of ether oxygens (including phenoxy) is 1. The van der Waals surface area contributed by atoms with Crippen LogP contribution in [0.4, 0.5) is 5.69 Å². The normalized spacial score (nSPS) is 24.3. The number of nitro groups is 1. The maximum absolute atomic E-state index is 10.6. The van der Waals surface area contributed by atoms with Crippen molar-refractivity contribution in [3.8, 4) is 0 Å². The van der Waals surface area contributed by atoms with E-state index >= 15 is 0 Å². The summed E-state index contributed by atoms with van der Waals surface area (Å²) in [6.45, 7) is 1.61. The van der Waals surface area contributed by atoms with Crippen molar-refractivity contribution in [1.29, 1.82) is 0 Å². The highest BCUT2D eigenvalue weighted by atomic mass is 16.6. The second-order valence-corrected chi connectivity index (χ2v) is 6.23. The summed E-state index contributed by atoms with van der Waals surface area (Å²) < 4.78 is 6.04. The molecule has 1 saturated heterocycles. The number of nitrogens with zero attached hydrogens (tertiary/aromatic N) is 1. The van der Waals surface area contributed by atoms with Crippen LogP contribution in [0.15, 0.2) is 24.3 Å². The highest BCUT2D eigenvalue weighted by Gasteiger charge is 2.39. The lowest BCUT2D eigenvalue weighted by atomic mass is 9.89. The fourth-order valence-corrected chi connectivity index (χ4v) is 3.57. The molecule has 5 heteroatoms. The van der Waals surface area contributed by atoms with Gasteiger partial charge in [0.05, 0.1) is 10.5 Å². The Morgan fingerprint density at radius 1 is 1.29 bits per heavy atom. The molecule has 0 radical (unpaired) electrons. The average Bonchev–Trinajstić information content (AvgIpc) is 2.93. The topological polar surface area (TPSA) is 64.4 Å². The first-order chi connectivity index (χ1) is 10.2. The van der Waals surface area contributed by atoms with Crippen LogP contribution in [0.25, 0.3) is 0 Å². The minimum atomic E-state index is -0.362. The molecule has 1 aromatic rings. The number of rotatable bonds is 4. The average molecular weight is 290 g/mol. The first-order valence-corrected chi connectivity index (χ1v) is 7.78. The van der Waals surface area contributed by atoms with Gasteiger partial charge in [-0.15, -0.1) is 0 Å². The molecular formula is C16H22N2O3. The lowest BCUT2D eigenvalue weighted by Gasteiger charge is -2.38. The summed E-state index contributed by atoms with van der Waals surface area (Å²) in [4.78, 5) is 10.3. The molecule has 1 spiro atoms. The van der Waals surface area contributed by atoms with Gasteiger partial charge in [0.2, 0.25) is 0 Å².